The van der Waals surface area contributed by atoms with Crippen molar-refractivity contribution < 1.29 is 0 Å². The molecule has 0 aliphatic heterocycles. The highest BCUT2D eigenvalue weighted by Gasteiger charge is 2.02. The summed E-state index contributed by atoms with van der Waals surface area (Å²) in [6.45, 7) is 0. The number of aromatic nitrogens is 4. The minimum Gasteiger partial charge on any atom is -0.261 e. The van der Waals surface area contributed by atoms with Crippen molar-refractivity contribution >= 4 is 11.0 Å². The van der Waals surface area contributed by atoms with Gasteiger partial charge in [0.05, 0.1) is 23.4 Å². The van der Waals surface area contributed by atoms with Crippen LogP contribution < -0.4 is 0 Å². The predicted molar refractivity (Wildman–Crippen MR) is 60.6 cm³/mol. The van der Waals surface area contributed by atoms with E-state index in [2.05, 4.69) is 19.9 Å². The lowest BCUT2D eigenvalue weighted by molar-refractivity contribution is 1.17. The van der Waals surface area contributed by atoms with E-state index < -0.39 is 0 Å². The van der Waals surface area contributed by atoms with Gasteiger partial charge >= 0.3 is 0 Å². The van der Waals surface area contributed by atoms with Crippen molar-refractivity contribution in [3.8, 4) is 11.4 Å². The van der Waals surface area contributed by atoms with Gasteiger partial charge in [-0.2, -0.15) is 0 Å². The van der Waals surface area contributed by atoms with Crippen LogP contribution in [-0.2, 0) is 0 Å². The summed E-state index contributed by atoms with van der Waals surface area (Å²) < 4.78 is 0. The van der Waals surface area contributed by atoms with Crippen molar-refractivity contribution in [2.45, 2.75) is 0 Å². The van der Waals surface area contributed by atoms with Crippen LogP contribution in [0.3, 0.4) is 0 Å². The maximum absolute atomic E-state index is 4.48. The van der Waals surface area contributed by atoms with E-state index in [1.807, 2.05) is 24.3 Å². The number of hydrogen-bond acceptors (Lipinski definition) is 4. The van der Waals surface area contributed by atoms with Gasteiger partial charge in [-0.1, -0.05) is 12.1 Å². The number of fused-ring (bicyclic) bond motifs is 1. The van der Waals surface area contributed by atoms with E-state index in [0.29, 0.717) is 0 Å². The zero-order chi connectivity index (χ0) is 10.8. The fourth-order valence-electron chi connectivity index (χ4n) is 1.51. The zero-order valence-electron chi connectivity index (χ0n) is 8.41. The Labute approximate surface area is 92.0 Å². The van der Waals surface area contributed by atoms with Gasteiger partial charge in [-0.3, -0.25) is 15.0 Å². The highest BCUT2D eigenvalue weighted by atomic mass is 14.9. The Morgan fingerprint density at radius 3 is 2.44 bits per heavy atom. The van der Waals surface area contributed by atoms with E-state index in [-0.39, 0.29) is 0 Å². The molecule has 1 aromatic carbocycles. The third-order valence-electron chi connectivity index (χ3n) is 2.27. The van der Waals surface area contributed by atoms with Gasteiger partial charge in [0.1, 0.15) is 11.4 Å². The van der Waals surface area contributed by atoms with E-state index in [9.17, 15) is 0 Å². The summed E-state index contributed by atoms with van der Waals surface area (Å²) in [6.07, 6.45) is 6.68. The van der Waals surface area contributed by atoms with E-state index in [1.165, 1.54) is 0 Å². The normalized spacial score (nSPS) is 10.5. The van der Waals surface area contributed by atoms with Gasteiger partial charge in [0, 0.05) is 12.4 Å². The fraction of sp³-hybridized carbons (Fsp3) is 0. The Hall–Kier alpha value is -2.36. The van der Waals surface area contributed by atoms with Crippen LogP contribution in [0, 0.1) is 0 Å². The molecule has 0 aliphatic carbocycles. The zero-order valence-corrected chi connectivity index (χ0v) is 8.41. The number of hydrogen-bond donors (Lipinski definition) is 0. The quantitative estimate of drug-likeness (QED) is 0.614. The molecule has 0 N–H and O–H groups in total. The van der Waals surface area contributed by atoms with Crippen LogP contribution in [0.1, 0.15) is 0 Å². The van der Waals surface area contributed by atoms with Crippen LogP contribution in [0.4, 0.5) is 0 Å². The lowest BCUT2D eigenvalue weighted by atomic mass is 10.2. The summed E-state index contributed by atoms with van der Waals surface area (Å²) >= 11 is 0. The largest absolute Gasteiger partial charge is 0.261 e. The van der Waals surface area contributed by atoms with E-state index in [4.69, 9.17) is 0 Å². The fourth-order valence-corrected chi connectivity index (χ4v) is 1.51. The predicted octanol–water partition coefficient (Wildman–Crippen LogP) is 2.09. The van der Waals surface area contributed by atoms with Crippen molar-refractivity contribution in [1.29, 1.82) is 0 Å². The molecule has 76 valence electrons. The summed E-state index contributed by atoms with van der Waals surface area (Å²) in [4.78, 5) is 17.0. The summed E-state index contributed by atoms with van der Waals surface area (Å²) in [5.41, 5.74) is 3.23. The maximum atomic E-state index is 4.48. The molecule has 0 radical (unpaired) electrons. The number of benzene rings is 1. The molecule has 0 atom stereocenters. The van der Waals surface area contributed by atoms with Crippen LogP contribution in [0.5, 0.6) is 0 Å². The van der Waals surface area contributed by atoms with Gasteiger partial charge in [-0.25, -0.2) is 4.98 Å². The molecular formula is C12H8N4. The Kier molecular flexibility index (Phi) is 2.04. The van der Waals surface area contributed by atoms with Gasteiger partial charge in [-0.05, 0) is 12.1 Å². The molecule has 3 aromatic rings. The Morgan fingerprint density at radius 2 is 1.62 bits per heavy atom. The molecule has 4 heteroatoms. The lowest BCUT2D eigenvalue weighted by Crippen LogP contribution is -1.90. The molecule has 0 saturated carbocycles. The molecule has 0 spiro atoms. The van der Waals surface area contributed by atoms with Crippen molar-refractivity contribution in [3.05, 3.63) is 49.1 Å². The second-order valence-electron chi connectivity index (χ2n) is 3.33. The molecule has 0 aliphatic rings. The molecule has 2 heterocycles. The maximum Gasteiger partial charge on any atom is 0.109 e. The average Bonchev–Trinajstić information content (AvgIpc) is 2.39. The highest BCUT2D eigenvalue weighted by Crippen LogP contribution is 2.15. The summed E-state index contributed by atoms with van der Waals surface area (Å²) in [7, 11) is 0. The third-order valence-corrected chi connectivity index (χ3v) is 2.27. The number of rotatable bonds is 1. The number of nitrogens with zero attached hydrogens (tertiary/aromatic N) is 4. The van der Waals surface area contributed by atoms with E-state index >= 15 is 0 Å². The Balaban J connectivity index is 2.19. The van der Waals surface area contributed by atoms with Gasteiger partial charge in [0.15, 0.2) is 0 Å². The topological polar surface area (TPSA) is 51.6 Å². The molecule has 0 fully saturated rings. The first-order valence-electron chi connectivity index (χ1n) is 4.92. The van der Waals surface area contributed by atoms with Gasteiger partial charge in [0.25, 0.3) is 0 Å². The van der Waals surface area contributed by atoms with Crippen LogP contribution in [-0.4, -0.2) is 19.9 Å². The molecule has 0 bridgehead atoms. The highest BCUT2D eigenvalue weighted by molar-refractivity contribution is 5.76. The monoisotopic (exact) mass is 208 g/mol. The Morgan fingerprint density at radius 1 is 0.750 bits per heavy atom. The molecule has 16 heavy (non-hydrogen) atoms. The SMILES string of the molecule is c1ccc2nc(-c3cnccn3)cnc2c1. The second-order valence-corrected chi connectivity index (χ2v) is 3.33. The first-order valence-corrected chi connectivity index (χ1v) is 4.92. The van der Waals surface area contributed by atoms with Crippen molar-refractivity contribution in [2.75, 3.05) is 0 Å². The first kappa shape index (κ1) is 8.91. The standard InChI is InChI=1S/C12H8N4/c1-2-4-10-9(3-1)15-8-12(16-10)11-7-13-5-6-14-11/h1-8H. The van der Waals surface area contributed by atoms with E-state index in [1.54, 1.807) is 24.8 Å². The van der Waals surface area contributed by atoms with Crippen LogP contribution in [0.2, 0.25) is 0 Å². The van der Waals surface area contributed by atoms with E-state index in [0.717, 1.165) is 22.4 Å². The summed E-state index contributed by atoms with van der Waals surface area (Å²) in [5, 5.41) is 0. The van der Waals surface area contributed by atoms with Crippen LogP contribution >= 0.6 is 0 Å². The summed E-state index contributed by atoms with van der Waals surface area (Å²) in [5.74, 6) is 0. The minimum absolute atomic E-state index is 0.737. The van der Waals surface area contributed by atoms with Crippen molar-refractivity contribution in [3.63, 3.8) is 0 Å². The van der Waals surface area contributed by atoms with Crippen molar-refractivity contribution in [1.82, 2.24) is 19.9 Å². The molecule has 0 saturated heterocycles. The molecule has 0 amide bonds. The van der Waals surface area contributed by atoms with Gasteiger partial charge in [-0.15, -0.1) is 0 Å². The smallest absolute Gasteiger partial charge is 0.109 e. The minimum atomic E-state index is 0.737. The number of para-hydroxylation sites is 2. The molecule has 0 unspecified atom stereocenters. The van der Waals surface area contributed by atoms with Crippen LogP contribution in [0.15, 0.2) is 49.1 Å². The molecular weight excluding hydrogens is 200 g/mol. The average molecular weight is 208 g/mol. The molecule has 2 aromatic heterocycles. The second kappa shape index (κ2) is 3.66. The first-order chi connectivity index (χ1) is 7.93. The molecule has 3 rings (SSSR count). The van der Waals surface area contributed by atoms with Gasteiger partial charge in [0.2, 0.25) is 0 Å². The third kappa shape index (κ3) is 1.50. The summed E-state index contributed by atoms with van der Waals surface area (Å²) in [6, 6.07) is 7.75. The molecule has 4 nitrogen and oxygen atoms in total. The van der Waals surface area contributed by atoms with Crippen LogP contribution in [0.25, 0.3) is 22.4 Å². The Bertz CT molecular complexity index is 622. The van der Waals surface area contributed by atoms with Gasteiger partial charge < -0.3 is 0 Å². The van der Waals surface area contributed by atoms with Crippen molar-refractivity contribution in [2.24, 2.45) is 0 Å². The lowest BCUT2D eigenvalue weighted by Gasteiger charge is -2.00.